The number of nitrogens with zero attached hydrogens (tertiary/aromatic N) is 2. The van der Waals surface area contributed by atoms with Crippen molar-refractivity contribution in [3.05, 3.63) is 0 Å². The number of ether oxygens (including phenoxy) is 1. The number of likely N-dealkylation sites (tertiary alicyclic amines) is 1. The molecule has 6 nitrogen and oxygen atoms in total. The van der Waals surface area contributed by atoms with E-state index in [1.54, 1.807) is 35.0 Å². The summed E-state index contributed by atoms with van der Waals surface area (Å²) in [6.07, 6.45) is -0.746. The molecule has 1 saturated heterocycles. The highest BCUT2D eigenvalue weighted by molar-refractivity contribution is 14.1. The molecule has 17 heavy (non-hydrogen) atoms. The van der Waals surface area contributed by atoms with Gasteiger partial charge in [-0.05, 0) is 20.8 Å². The Balaban J connectivity index is 2.37. The third kappa shape index (κ3) is 3.90. The summed E-state index contributed by atoms with van der Waals surface area (Å²) in [6.45, 7) is 6.43. The lowest BCUT2D eigenvalue weighted by Gasteiger charge is -2.43. The minimum atomic E-state index is -0.491. The first-order valence-electron chi connectivity index (χ1n) is 5.28. The Hall–Kier alpha value is -0.730. The first-order chi connectivity index (χ1) is 7.74. The molecule has 0 saturated carbocycles. The molecule has 0 N–H and O–H groups in total. The van der Waals surface area contributed by atoms with Gasteiger partial charge in [0.25, 0.3) is 0 Å². The highest BCUT2D eigenvalue weighted by atomic mass is 127. The van der Waals surface area contributed by atoms with E-state index in [2.05, 4.69) is 3.07 Å². The van der Waals surface area contributed by atoms with Crippen LogP contribution in [-0.2, 0) is 7.80 Å². The maximum absolute atomic E-state index is 11.6. The van der Waals surface area contributed by atoms with Gasteiger partial charge in [0.15, 0.2) is 23.0 Å². The number of likely N-dealkylation sites (N-methyl/N-ethyl adjacent to an activating group) is 1. The summed E-state index contributed by atoms with van der Waals surface area (Å²) in [5, 5.41) is 0. The van der Waals surface area contributed by atoms with Crippen LogP contribution in [-0.4, -0.2) is 53.8 Å². The Morgan fingerprint density at radius 2 is 1.88 bits per heavy atom. The van der Waals surface area contributed by atoms with E-state index in [4.69, 9.17) is 4.74 Å². The van der Waals surface area contributed by atoms with E-state index in [9.17, 15) is 9.59 Å². The van der Waals surface area contributed by atoms with Gasteiger partial charge in [0.2, 0.25) is 0 Å². The Bertz CT molecular complexity index is 310. The van der Waals surface area contributed by atoms with E-state index in [1.807, 2.05) is 20.8 Å². The van der Waals surface area contributed by atoms with Gasteiger partial charge in [-0.3, -0.25) is 0 Å². The molecule has 0 aromatic carbocycles. The molecule has 0 spiro atoms. The molecule has 98 valence electrons. The van der Waals surface area contributed by atoms with Gasteiger partial charge >= 0.3 is 12.2 Å². The number of hydrogen-bond donors (Lipinski definition) is 0. The van der Waals surface area contributed by atoms with Gasteiger partial charge in [-0.15, -0.1) is 0 Å². The first kappa shape index (κ1) is 14.3. The minimum Gasteiger partial charge on any atom is -0.444 e. The van der Waals surface area contributed by atoms with Crippen molar-refractivity contribution in [1.82, 2.24) is 9.80 Å². The van der Waals surface area contributed by atoms with Crippen LogP contribution in [0.2, 0.25) is 0 Å². The molecule has 7 heteroatoms. The van der Waals surface area contributed by atoms with Gasteiger partial charge in [0.1, 0.15) is 5.60 Å². The molecule has 0 aliphatic carbocycles. The quantitative estimate of drug-likeness (QED) is 0.675. The lowest BCUT2D eigenvalue weighted by molar-refractivity contribution is -0.00736. The van der Waals surface area contributed by atoms with Crippen molar-refractivity contribution < 1.29 is 17.4 Å². The molecule has 0 aromatic heterocycles. The van der Waals surface area contributed by atoms with E-state index in [1.165, 1.54) is 4.90 Å². The van der Waals surface area contributed by atoms with Crippen molar-refractivity contribution in [1.29, 1.82) is 0 Å². The Morgan fingerprint density at radius 3 is 2.29 bits per heavy atom. The van der Waals surface area contributed by atoms with Gasteiger partial charge in [-0.25, -0.2) is 9.59 Å². The van der Waals surface area contributed by atoms with Crippen molar-refractivity contribution in [2.45, 2.75) is 32.4 Å². The molecule has 2 amide bonds. The molecule has 0 bridgehead atoms. The zero-order chi connectivity index (χ0) is 13.2. The van der Waals surface area contributed by atoms with E-state index < -0.39 is 11.7 Å². The van der Waals surface area contributed by atoms with Gasteiger partial charge < -0.3 is 17.6 Å². The lowest BCUT2D eigenvalue weighted by Crippen LogP contribution is -2.61. The Labute approximate surface area is 115 Å². The number of halogens is 1. The molecule has 1 aliphatic heterocycles. The van der Waals surface area contributed by atoms with E-state index in [-0.39, 0.29) is 12.1 Å². The molecule has 1 heterocycles. The van der Waals surface area contributed by atoms with Gasteiger partial charge in [0, 0.05) is 20.1 Å². The average Bonchev–Trinajstić information content (AvgIpc) is 2.10. The second-order valence-electron chi connectivity index (χ2n) is 4.99. The van der Waals surface area contributed by atoms with Crippen LogP contribution in [0.15, 0.2) is 0 Å². The van der Waals surface area contributed by atoms with Crippen molar-refractivity contribution >= 4 is 35.2 Å². The van der Waals surface area contributed by atoms with E-state index in [0.29, 0.717) is 13.1 Å². The van der Waals surface area contributed by atoms with Gasteiger partial charge in [0.05, 0.1) is 6.04 Å². The highest BCUT2D eigenvalue weighted by Crippen LogP contribution is 2.18. The summed E-state index contributed by atoms with van der Waals surface area (Å²) in [5.74, 6) is 0. The maximum atomic E-state index is 11.6. The lowest BCUT2D eigenvalue weighted by atomic mass is 10.1. The van der Waals surface area contributed by atoms with Gasteiger partial charge in [-0.1, -0.05) is 0 Å². The average molecular weight is 356 g/mol. The highest BCUT2D eigenvalue weighted by Gasteiger charge is 2.37. The third-order valence-electron chi connectivity index (χ3n) is 2.42. The SMILES string of the molecule is CN(C(=O)OI)C1CN(C(=O)OC(C)(C)C)C1. The summed E-state index contributed by atoms with van der Waals surface area (Å²) in [7, 11) is 1.65. The fourth-order valence-electron chi connectivity index (χ4n) is 1.38. The van der Waals surface area contributed by atoms with Crippen LogP contribution in [0.25, 0.3) is 0 Å². The van der Waals surface area contributed by atoms with E-state index >= 15 is 0 Å². The topological polar surface area (TPSA) is 59.1 Å². The van der Waals surface area contributed by atoms with Crippen LogP contribution in [0.3, 0.4) is 0 Å². The fourth-order valence-corrected chi connectivity index (χ4v) is 1.69. The van der Waals surface area contributed by atoms with Crippen LogP contribution in [0, 0.1) is 0 Å². The van der Waals surface area contributed by atoms with Crippen molar-refractivity contribution in [2.24, 2.45) is 0 Å². The number of hydrogen-bond acceptors (Lipinski definition) is 4. The summed E-state index contributed by atoms with van der Waals surface area (Å²) < 4.78 is 9.77. The zero-order valence-corrected chi connectivity index (χ0v) is 12.6. The van der Waals surface area contributed by atoms with Crippen molar-refractivity contribution in [3.63, 3.8) is 0 Å². The molecule has 1 aliphatic rings. The number of rotatable bonds is 1. The summed E-state index contributed by atoms with van der Waals surface area (Å²) >= 11 is 1.54. The molecule has 1 rings (SSSR count). The molecular weight excluding hydrogens is 339 g/mol. The number of carbonyl (C=O) groups excluding carboxylic acids is 2. The van der Waals surface area contributed by atoms with Crippen LogP contribution < -0.4 is 0 Å². The molecule has 0 radical (unpaired) electrons. The van der Waals surface area contributed by atoms with Crippen LogP contribution in [0.5, 0.6) is 0 Å². The summed E-state index contributed by atoms with van der Waals surface area (Å²) in [6, 6.07) is 0.00443. The smallest absolute Gasteiger partial charge is 0.419 e. The molecule has 0 atom stereocenters. The molecule has 1 fully saturated rings. The largest absolute Gasteiger partial charge is 0.444 e. The third-order valence-corrected chi connectivity index (χ3v) is 2.79. The normalized spacial score (nSPS) is 16.2. The van der Waals surface area contributed by atoms with Gasteiger partial charge in [-0.2, -0.15) is 0 Å². The first-order valence-corrected chi connectivity index (χ1v) is 6.16. The fraction of sp³-hybridized carbons (Fsp3) is 0.800. The molecular formula is C10H17IN2O4. The Kier molecular flexibility index (Phi) is 4.45. The second-order valence-corrected chi connectivity index (χ2v) is 5.43. The zero-order valence-electron chi connectivity index (χ0n) is 10.4. The van der Waals surface area contributed by atoms with Crippen LogP contribution >= 0.6 is 23.0 Å². The summed E-state index contributed by atoms with van der Waals surface area (Å²) in [4.78, 5) is 25.9. The molecule has 0 unspecified atom stereocenters. The van der Waals surface area contributed by atoms with Crippen molar-refractivity contribution in [2.75, 3.05) is 20.1 Å². The van der Waals surface area contributed by atoms with E-state index in [0.717, 1.165) is 0 Å². The monoisotopic (exact) mass is 356 g/mol. The second kappa shape index (κ2) is 5.28. The Morgan fingerprint density at radius 1 is 1.35 bits per heavy atom. The predicted molar refractivity (Wildman–Crippen MR) is 69.9 cm³/mol. The van der Waals surface area contributed by atoms with Crippen LogP contribution in [0.1, 0.15) is 20.8 Å². The summed E-state index contributed by atoms with van der Waals surface area (Å²) in [5.41, 5.74) is -0.491. The van der Waals surface area contributed by atoms with Crippen LogP contribution in [0.4, 0.5) is 9.59 Å². The van der Waals surface area contributed by atoms with Crippen molar-refractivity contribution in [3.8, 4) is 0 Å². The number of carbonyl (C=O) groups is 2. The predicted octanol–water partition coefficient (Wildman–Crippen LogP) is 2.02. The number of amides is 2. The maximum Gasteiger partial charge on any atom is 0.419 e. The standard InChI is InChI=1S/C10H17IN2O4/c1-10(2,3)16-9(15)13-5-7(6-13)12(4)8(14)17-11/h7H,5-6H2,1-4H3. The molecule has 0 aromatic rings. The minimum absolute atomic E-state index is 0.00443.